The van der Waals surface area contributed by atoms with Crippen LogP contribution in [0, 0.1) is 12.3 Å². The van der Waals surface area contributed by atoms with Gasteiger partial charge in [-0.05, 0) is 49.7 Å². The number of nitrogens with zero attached hydrogens (tertiary/aromatic N) is 2. The summed E-state index contributed by atoms with van der Waals surface area (Å²) in [6.45, 7) is 6.54. The normalized spacial score (nSPS) is 22.0. The Morgan fingerprint density at radius 2 is 2.00 bits per heavy atom. The summed E-state index contributed by atoms with van der Waals surface area (Å²) in [7, 11) is 0. The molecule has 0 spiro atoms. The molecular weight excluding hydrogens is 322 g/mol. The van der Waals surface area contributed by atoms with E-state index in [-0.39, 0.29) is 11.9 Å². The monoisotopic (exact) mass is 351 g/mol. The van der Waals surface area contributed by atoms with E-state index < -0.39 is 0 Å². The number of hydrogen-bond donors (Lipinski definition) is 1. The van der Waals surface area contributed by atoms with E-state index in [1.54, 1.807) is 6.20 Å². The van der Waals surface area contributed by atoms with Crippen LogP contribution in [0.3, 0.4) is 0 Å². The summed E-state index contributed by atoms with van der Waals surface area (Å²) in [6.07, 6.45) is 6.16. The third kappa shape index (κ3) is 4.90. The van der Waals surface area contributed by atoms with Crippen LogP contribution in [0.25, 0.3) is 0 Å². The number of hydrogen-bond acceptors (Lipinski definition) is 3. The Bertz CT molecular complexity index is 742. The molecule has 0 saturated heterocycles. The van der Waals surface area contributed by atoms with Crippen molar-refractivity contribution in [3.05, 3.63) is 59.7 Å². The smallest absolute Gasteiger partial charge is 0.220 e. The lowest BCUT2D eigenvalue weighted by Crippen LogP contribution is -2.44. The van der Waals surface area contributed by atoms with Gasteiger partial charge >= 0.3 is 0 Å². The predicted molar refractivity (Wildman–Crippen MR) is 104 cm³/mol. The molecule has 26 heavy (non-hydrogen) atoms. The van der Waals surface area contributed by atoms with Crippen LogP contribution in [0.2, 0.25) is 0 Å². The molecule has 1 aromatic carbocycles. The van der Waals surface area contributed by atoms with Gasteiger partial charge in [0.25, 0.3) is 0 Å². The van der Waals surface area contributed by atoms with Crippen molar-refractivity contribution < 1.29 is 4.79 Å². The zero-order chi connectivity index (χ0) is 18.6. The van der Waals surface area contributed by atoms with Crippen LogP contribution in [-0.2, 0) is 11.2 Å². The maximum absolute atomic E-state index is 12.6. The molecule has 3 rings (SSSR count). The molecule has 1 aromatic heterocycles. The molecule has 0 radical (unpaired) electrons. The van der Waals surface area contributed by atoms with Gasteiger partial charge in [-0.3, -0.25) is 4.79 Å². The molecule has 1 N–H and O–H groups in total. The number of benzene rings is 1. The lowest BCUT2D eigenvalue weighted by Gasteiger charge is -2.41. The quantitative estimate of drug-likeness (QED) is 0.878. The first kappa shape index (κ1) is 18.6. The topological polar surface area (TPSA) is 54.9 Å². The summed E-state index contributed by atoms with van der Waals surface area (Å²) in [4.78, 5) is 21.0. The zero-order valence-electron chi connectivity index (χ0n) is 16.0. The average molecular weight is 351 g/mol. The van der Waals surface area contributed by atoms with Gasteiger partial charge in [-0.2, -0.15) is 0 Å². The standard InChI is InChI=1S/C22H29N3O/c1-16-23-14-12-18(24-16)9-10-21(26)25-20-11-13-22(2,3)15-19(20)17-7-5-4-6-8-17/h4-8,12,14,19-20H,9-11,13,15H2,1-3H3,(H,25,26). The summed E-state index contributed by atoms with van der Waals surface area (Å²) in [5.41, 5.74) is 2.58. The molecule has 1 aliphatic carbocycles. The van der Waals surface area contributed by atoms with Crippen LogP contribution in [0.15, 0.2) is 42.6 Å². The Labute approximate surface area is 156 Å². The van der Waals surface area contributed by atoms with Gasteiger partial charge < -0.3 is 5.32 Å². The van der Waals surface area contributed by atoms with Crippen LogP contribution in [0.4, 0.5) is 0 Å². The number of nitrogens with one attached hydrogen (secondary N) is 1. The minimum Gasteiger partial charge on any atom is -0.353 e. The van der Waals surface area contributed by atoms with Crippen molar-refractivity contribution in [1.82, 2.24) is 15.3 Å². The fraction of sp³-hybridized carbons (Fsp3) is 0.500. The van der Waals surface area contributed by atoms with Crippen molar-refractivity contribution in [2.75, 3.05) is 0 Å². The fourth-order valence-corrected chi connectivity index (χ4v) is 3.98. The second kappa shape index (κ2) is 7.98. The molecule has 0 bridgehead atoms. The van der Waals surface area contributed by atoms with Crippen LogP contribution in [-0.4, -0.2) is 21.9 Å². The van der Waals surface area contributed by atoms with Crippen molar-refractivity contribution in [3.8, 4) is 0 Å². The predicted octanol–water partition coefficient (Wildman–Crippen LogP) is 4.20. The molecule has 1 aliphatic rings. The Morgan fingerprint density at radius 1 is 1.23 bits per heavy atom. The van der Waals surface area contributed by atoms with Gasteiger partial charge in [0.05, 0.1) is 0 Å². The zero-order valence-corrected chi connectivity index (χ0v) is 16.0. The van der Waals surface area contributed by atoms with Crippen molar-refractivity contribution in [2.24, 2.45) is 5.41 Å². The summed E-state index contributed by atoms with van der Waals surface area (Å²) in [5, 5.41) is 3.31. The van der Waals surface area contributed by atoms with Gasteiger partial charge in [-0.15, -0.1) is 0 Å². The van der Waals surface area contributed by atoms with Crippen molar-refractivity contribution in [1.29, 1.82) is 0 Å². The molecule has 1 saturated carbocycles. The minimum atomic E-state index is 0.118. The van der Waals surface area contributed by atoms with Gasteiger partial charge in [-0.1, -0.05) is 44.2 Å². The molecule has 1 amide bonds. The third-order valence-electron chi connectivity index (χ3n) is 5.41. The van der Waals surface area contributed by atoms with Gasteiger partial charge in [0.2, 0.25) is 5.91 Å². The molecule has 0 aliphatic heterocycles. The molecule has 2 aromatic rings. The molecule has 138 valence electrons. The van der Waals surface area contributed by atoms with Crippen molar-refractivity contribution in [3.63, 3.8) is 0 Å². The van der Waals surface area contributed by atoms with Gasteiger partial charge in [0.15, 0.2) is 0 Å². The first-order chi connectivity index (χ1) is 12.4. The first-order valence-electron chi connectivity index (χ1n) is 9.56. The Balaban J connectivity index is 1.63. The van der Waals surface area contributed by atoms with E-state index in [4.69, 9.17) is 0 Å². The van der Waals surface area contributed by atoms with Crippen LogP contribution >= 0.6 is 0 Å². The Kier molecular flexibility index (Phi) is 5.70. The highest BCUT2D eigenvalue weighted by molar-refractivity contribution is 5.76. The van der Waals surface area contributed by atoms with E-state index in [1.165, 1.54) is 5.56 Å². The number of rotatable bonds is 5. The number of amides is 1. The van der Waals surface area contributed by atoms with Gasteiger partial charge in [-0.25, -0.2) is 9.97 Å². The molecule has 1 heterocycles. The highest BCUT2D eigenvalue weighted by atomic mass is 16.1. The number of carbonyl (C=O) groups is 1. The largest absolute Gasteiger partial charge is 0.353 e. The van der Waals surface area contributed by atoms with E-state index in [9.17, 15) is 4.79 Å². The Morgan fingerprint density at radius 3 is 2.73 bits per heavy atom. The van der Waals surface area contributed by atoms with Crippen molar-refractivity contribution >= 4 is 5.91 Å². The van der Waals surface area contributed by atoms with Gasteiger partial charge in [0, 0.05) is 30.3 Å². The summed E-state index contributed by atoms with van der Waals surface area (Å²) >= 11 is 0. The van der Waals surface area contributed by atoms with E-state index >= 15 is 0 Å². The number of carbonyl (C=O) groups excluding carboxylic acids is 1. The Hall–Kier alpha value is -2.23. The average Bonchev–Trinajstić information content (AvgIpc) is 2.62. The maximum Gasteiger partial charge on any atom is 0.220 e. The van der Waals surface area contributed by atoms with E-state index in [0.717, 1.165) is 30.8 Å². The number of aryl methyl sites for hydroxylation is 2. The summed E-state index contributed by atoms with van der Waals surface area (Å²) in [5.74, 6) is 1.25. The molecule has 2 atom stereocenters. The minimum absolute atomic E-state index is 0.118. The van der Waals surface area contributed by atoms with E-state index in [2.05, 4.69) is 59.5 Å². The fourth-order valence-electron chi connectivity index (χ4n) is 3.98. The van der Waals surface area contributed by atoms with Crippen LogP contribution in [0.5, 0.6) is 0 Å². The first-order valence-corrected chi connectivity index (χ1v) is 9.56. The maximum atomic E-state index is 12.6. The second-order valence-corrected chi connectivity index (χ2v) is 8.19. The molecule has 4 heteroatoms. The van der Waals surface area contributed by atoms with Crippen LogP contribution < -0.4 is 5.32 Å². The molecule has 1 fully saturated rings. The molecule has 4 nitrogen and oxygen atoms in total. The van der Waals surface area contributed by atoms with Gasteiger partial charge in [0.1, 0.15) is 5.82 Å². The van der Waals surface area contributed by atoms with E-state index in [0.29, 0.717) is 24.2 Å². The third-order valence-corrected chi connectivity index (χ3v) is 5.41. The van der Waals surface area contributed by atoms with Crippen molar-refractivity contribution in [2.45, 2.75) is 64.8 Å². The highest BCUT2D eigenvalue weighted by Gasteiger charge is 2.36. The summed E-state index contributed by atoms with van der Waals surface area (Å²) < 4.78 is 0. The SMILES string of the molecule is Cc1nccc(CCC(=O)NC2CCC(C)(C)CC2c2ccccc2)n1. The number of aromatic nitrogens is 2. The van der Waals surface area contributed by atoms with E-state index in [1.807, 2.05) is 13.0 Å². The lowest BCUT2D eigenvalue weighted by atomic mass is 9.68. The van der Waals surface area contributed by atoms with Crippen LogP contribution in [0.1, 0.15) is 62.5 Å². The summed E-state index contributed by atoms with van der Waals surface area (Å²) in [6, 6.07) is 12.7. The molecule has 2 unspecified atom stereocenters. The molecular formula is C22H29N3O. The highest BCUT2D eigenvalue weighted by Crippen LogP contribution is 2.43. The second-order valence-electron chi connectivity index (χ2n) is 8.19. The lowest BCUT2D eigenvalue weighted by molar-refractivity contribution is -0.122.